The first-order valence-electron chi connectivity index (χ1n) is 7.12. The van der Waals surface area contributed by atoms with Crippen molar-refractivity contribution in [3.8, 4) is 17.2 Å². The maximum Gasteiger partial charge on any atom is 0.281 e. The van der Waals surface area contributed by atoms with Gasteiger partial charge in [-0.15, -0.1) is 0 Å². The third-order valence-corrected chi connectivity index (χ3v) is 4.18. The molecule has 2 aliphatic heterocycles. The molecule has 0 aromatic heterocycles. The molecule has 22 heavy (non-hydrogen) atoms. The van der Waals surface area contributed by atoms with Gasteiger partial charge < -0.3 is 14.6 Å². The minimum Gasteiger partial charge on any atom is -0.508 e. The summed E-state index contributed by atoms with van der Waals surface area (Å²) in [4.78, 5) is 12.6. The molecule has 1 N–H and O–H groups in total. The van der Waals surface area contributed by atoms with E-state index in [1.165, 1.54) is 6.07 Å². The lowest BCUT2D eigenvalue weighted by molar-refractivity contribution is -0.106. The molecule has 0 amide bonds. The number of ketones is 1. The van der Waals surface area contributed by atoms with Crippen LogP contribution in [0.1, 0.15) is 22.8 Å². The van der Waals surface area contributed by atoms with Crippen molar-refractivity contribution in [1.29, 1.82) is 0 Å². The monoisotopic (exact) mass is 294 g/mol. The predicted molar refractivity (Wildman–Crippen MR) is 81.1 cm³/mol. The molecule has 2 heterocycles. The highest BCUT2D eigenvalue weighted by Crippen LogP contribution is 2.43. The van der Waals surface area contributed by atoms with Crippen LogP contribution >= 0.6 is 0 Å². The Balaban J connectivity index is 1.82. The highest BCUT2D eigenvalue weighted by molar-refractivity contribution is 6.02. The summed E-state index contributed by atoms with van der Waals surface area (Å²) >= 11 is 0. The van der Waals surface area contributed by atoms with Gasteiger partial charge in [-0.25, -0.2) is 0 Å². The number of hydrogen-bond acceptors (Lipinski definition) is 4. The second-order valence-corrected chi connectivity index (χ2v) is 5.56. The molecule has 4 rings (SSSR count). The highest BCUT2D eigenvalue weighted by Gasteiger charge is 2.49. The Bertz CT molecular complexity index is 808. The molecule has 0 bridgehead atoms. The summed E-state index contributed by atoms with van der Waals surface area (Å²) in [7, 11) is 0. The molecule has 2 aliphatic rings. The van der Waals surface area contributed by atoms with Crippen molar-refractivity contribution in [2.75, 3.05) is 0 Å². The minimum absolute atomic E-state index is 0.0184. The van der Waals surface area contributed by atoms with Crippen LogP contribution in [0.2, 0.25) is 0 Å². The Morgan fingerprint density at radius 2 is 1.86 bits per heavy atom. The van der Waals surface area contributed by atoms with Gasteiger partial charge in [-0.2, -0.15) is 0 Å². The quantitative estimate of drug-likeness (QED) is 0.809. The van der Waals surface area contributed by atoms with Crippen molar-refractivity contribution in [3.05, 3.63) is 59.7 Å². The molecule has 2 aromatic rings. The van der Waals surface area contributed by atoms with E-state index in [1.54, 1.807) is 37.3 Å². The van der Waals surface area contributed by atoms with Crippen LogP contribution in [0, 0.1) is 5.92 Å². The lowest BCUT2D eigenvalue weighted by atomic mass is 9.86. The number of hydrogen-bond donors (Lipinski definition) is 1. The molecule has 0 fully saturated rings. The molecule has 0 aliphatic carbocycles. The predicted octanol–water partition coefficient (Wildman–Crippen LogP) is 3.41. The molecule has 0 saturated carbocycles. The summed E-state index contributed by atoms with van der Waals surface area (Å²) in [6.45, 7) is 1.79. The molecule has 2 atom stereocenters. The number of phenolic OH excluding ortho intramolecular Hbond substituents is 1. The Morgan fingerprint density at radius 3 is 2.73 bits per heavy atom. The number of carbonyl (C=O) groups excluding carboxylic acids is 1. The van der Waals surface area contributed by atoms with Crippen LogP contribution in [0.3, 0.4) is 0 Å². The third-order valence-electron chi connectivity index (χ3n) is 4.18. The number of rotatable bonds is 0. The summed E-state index contributed by atoms with van der Waals surface area (Å²) in [6.07, 6.45) is 3.63. The molecular weight excluding hydrogens is 280 g/mol. The van der Waals surface area contributed by atoms with E-state index in [9.17, 15) is 9.90 Å². The molecule has 2 unspecified atom stereocenters. The van der Waals surface area contributed by atoms with Gasteiger partial charge in [0.1, 0.15) is 23.2 Å². The van der Waals surface area contributed by atoms with Crippen LogP contribution in [0.25, 0.3) is 6.08 Å². The Hall–Kier alpha value is -2.75. The maximum atomic E-state index is 12.6. The molecule has 4 heteroatoms. The van der Waals surface area contributed by atoms with Crippen LogP contribution in [0.4, 0.5) is 0 Å². The average Bonchev–Trinajstić information content (AvgIpc) is 2.52. The maximum absolute atomic E-state index is 12.6. The second kappa shape index (κ2) is 4.37. The molecule has 2 aromatic carbocycles. The Morgan fingerprint density at radius 1 is 1.09 bits per heavy atom. The van der Waals surface area contributed by atoms with Gasteiger partial charge in [-0.3, -0.25) is 4.79 Å². The number of phenols is 1. The molecule has 1 spiro atoms. The zero-order chi connectivity index (χ0) is 15.3. The summed E-state index contributed by atoms with van der Waals surface area (Å²) in [5.74, 6) is -0.560. The first-order chi connectivity index (χ1) is 10.6. The van der Waals surface area contributed by atoms with Gasteiger partial charge >= 0.3 is 0 Å². The third kappa shape index (κ3) is 1.73. The van der Waals surface area contributed by atoms with Gasteiger partial charge in [0.15, 0.2) is 5.78 Å². The van der Waals surface area contributed by atoms with Crippen molar-refractivity contribution < 1.29 is 19.4 Å². The number of ether oxygens (including phenoxy) is 2. The summed E-state index contributed by atoms with van der Waals surface area (Å²) in [5, 5.41) is 9.64. The number of carbonyl (C=O) groups is 1. The van der Waals surface area contributed by atoms with Crippen molar-refractivity contribution >= 4 is 11.9 Å². The lowest BCUT2D eigenvalue weighted by Gasteiger charge is -2.41. The van der Waals surface area contributed by atoms with Crippen LogP contribution in [0.5, 0.6) is 17.2 Å². The fourth-order valence-electron chi connectivity index (χ4n) is 2.88. The SMILES string of the molecule is CC1C(=O)c2ccccc2OC12C=Cc1ccc(O)cc1O2. The van der Waals surface area contributed by atoms with E-state index in [1.807, 2.05) is 18.2 Å². The largest absolute Gasteiger partial charge is 0.508 e. The zero-order valence-corrected chi connectivity index (χ0v) is 11.9. The van der Waals surface area contributed by atoms with E-state index in [4.69, 9.17) is 9.47 Å². The zero-order valence-electron chi connectivity index (χ0n) is 11.9. The molecule has 110 valence electrons. The van der Waals surface area contributed by atoms with Gasteiger partial charge in [0.05, 0.1) is 5.56 Å². The van der Waals surface area contributed by atoms with Crippen LogP contribution in [-0.2, 0) is 0 Å². The number of para-hydroxylation sites is 1. The molecule has 0 saturated heterocycles. The molecule has 4 nitrogen and oxygen atoms in total. The Kier molecular flexibility index (Phi) is 2.57. The lowest BCUT2D eigenvalue weighted by Crippen LogP contribution is -2.53. The van der Waals surface area contributed by atoms with E-state index in [-0.39, 0.29) is 11.5 Å². The Labute approximate surface area is 127 Å². The number of aromatic hydroxyl groups is 1. The van der Waals surface area contributed by atoms with E-state index in [0.717, 1.165) is 5.56 Å². The number of fused-ring (bicyclic) bond motifs is 2. The van der Waals surface area contributed by atoms with E-state index in [2.05, 4.69) is 0 Å². The van der Waals surface area contributed by atoms with E-state index >= 15 is 0 Å². The van der Waals surface area contributed by atoms with Crippen molar-refractivity contribution in [3.63, 3.8) is 0 Å². The summed E-state index contributed by atoms with van der Waals surface area (Å²) < 4.78 is 12.0. The standard InChI is InChI=1S/C18H14O4/c1-11-17(20)14-4-2-3-5-15(14)21-18(11)9-8-12-6-7-13(19)10-16(12)22-18/h2-11,19H,1H3. The molecule has 0 radical (unpaired) electrons. The summed E-state index contributed by atoms with van der Waals surface area (Å²) in [6, 6.07) is 12.0. The van der Waals surface area contributed by atoms with Crippen LogP contribution in [0.15, 0.2) is 48.5 Å². The number of Topliss-reactive ketones (excluding diaryl/α,β-unsaturated/α-hetero) is 1. The second-order valence-electron chi connectivity index (χ2n) is 5.56. The van der Waals surface area contributed by atoms with Gasteiger partial charge in [0.25, 0.3) is 5.79 Å². The van der Waals surface area contributed by atoms with E-state index in [0.29, 0.717) is 17.1 Å². The normalized spacial score (nSPS) is 25.1. The summed E-state index contributed by atoms with van der Waals surface area (Å²) in [5.41, 5.74) is 1.41. The smallest absolute Gasteiger partial charge is 0.281 e. The first-order valence-corrected chi connectivity index (χ1v) is 7.12. The van der Waals surface area contributed by atoms with E-state index < -0.39 is 11.7 Å². The van der Waals surface area contributed by atoms with Crippen molar-refractivity contribution in [1.82, 2.24) is 0 Å². The van der Waals surface area contributed by atoms with Gasteiger partial charge in [-0.05, 0) is 37.3 Å². The van der Waals surface area contributed by atoms with Gasteiger partial charge in [0.2, 0.25) is 0 Å². The molecular formula is C18H14O4. The van der Waals surface area contributed by atoms with Crippen molar-refractivity contribution in [2.45, 2.75) is 12.7 Å². The van der Waals surface area contributed by atoms with Gasteiger partial charge in [-0.1, -0.05) is 12.1 Å². The average molecular weight is 294 g/mol. The van der Waals surface area contributed by atoms with Crippen LogP contribution in [-0.4, -0.2) is 16.7 Å². The minimum atomic E-state index is -1.17. The highest BCUT2D eigenvalue weighted by atomic mass is 16.7. The van der Waals surface area contributed by atoms with Crippen molar-refractivity contribution in [2.24, 2.45) is 5.92 Å². The fraction of sp³-hybridized carbons (Fsp3) is 0.167. The van der Waals surface area contributed by atoms with Gasteiger partial charge in [0, 0.05) is 17.7 Å². The topological polar surface area (TPSA) is 55.8 Å². The first kappa shape index (κ1) is 13.0. The number of benzene rings is 2. The van der Waals surface area contributed by atoms with Crippen LogP contribution < -0.4 is 9.47 Å². The fourth-order valence-corrected chi connectivity index (χ4v) is 2.88.